The van der Waals surface area contributed by atoms with Crippen LogP contribution >= 0.6 is 0 Å². The Hall–Kier alpha value is -5.13. The van der Waals surface area contributed by atoms with Gasteiger partial charge in [0, 0.05) is 13.0 Å². The molecule has 17 nitrogen and oxygen atoms in total. The zero-order chi connectivity index (χ0) is 44.9. The maximum Gasteiger partial charge on any atom is 0.245 e. The minimum Gasteiger partial charge on any atom is -0.394 e. The first-order chi connectivity index (χ1) is 28.2. The van der Waals surface area contributed by atoms with E-state index >= 15 is 0 Å². The number of aliphatic hydroxyl groups excluding tert-OH is 1. The Labute approximate surface area is 353 Å². The topological polar surface area (TPSA) is 234 Å². The number of rotatable bonds is 13. The van der Waals surface area contributed by atoms with E-state index < -0.39 is 120 Å². The van der Waals surface area contributed by atoms with Gasteiger partial charge in [0.1, 0.15) is 42.3 Å². The van der Waals surface area contributed by atoms with Crippen molar-refractivity contribution in [3.8, 4) is 0 Å². The molecule has 7 N–H and O–H groups in total. The lowest BCUT2D eigenvalue weighted by molar-refractivity contribution is -0.142. The Morgan fingerprint density at radius 3 is 1.92 bits per heavy atom. The molecular formula is C43H65N7O10. The Bertz CT molecular complexity index is 1720. The zero-order valence-corrected chi connectivity index (χ0v) is 36.2. The monoisotopic (exact) mass is 839 g/mol. The highest BCUT2D eigenvalue weighted by Crippen LogP contribution is 2.21. The largest absolute Gasteiger partial charge is 0.394 e. The first kappa shape index (κ1) is 49.2. The predicted molar refractivity (Wildman–Crippen MR) is 224 cm³/mol. The third kappa shape index (κ3) is 13.7. The van der Waals surface area contributed by atoms with Gasteiger partial charge in [-0.3, -0.25) is 33.6 Å². The molecule has 60 heavy (non-hydrogen) atoms. The molecule has 0 aromatic heterocycles. The number of hydrogen-bond donors (Lipinski definition) is 7. The van der Waals surface area contributed by atoms with Crippen molar-refractivity contribution in [3.63, 3.8) is 0 Å². The lowest BCUT2D eigenvalue weighted by atomic mass is 9.97. The Morgan fingerprint density at radius 1 is 0.767 bits per heavy atom. The zero-order valence-electron chi connectivity index (χ0n) is 36.2. The van der Waals surface area contributed by atoms with E-state index in [0.29, 0.717) is 18.4 Å². The number of carbonyl (C=O) groups is 7. The molecule has 2 aliphatic heterocycles. The van der Waals surface area contributed by atoms with Crippen LogP contribution in [-0.2, 0) is 49.5 Å². The molecule has 1 aromatic carbocycles. The second-order valence-corrected chi connectivity index (χ2v) is 16.6. The van der Waals surface area contributed by atoms with Crippen LogP contribution in [0.2, 0.25) is 0 Å². The molecule has 2 saturated heterocycles. The fourth-order valence-electron chi connectivity index (χ4n) is 6.71. The van der Waals surface area contributed by atoms with Crippen molar-refractivity contribution in [2.24, 2.45) is 5.92 Å². The van der Waals surface area contributed by atoms with Crippen molar-refractivity contribution < 1.29 is 48.1 Å². The highest BCUT2D eigenvalue weighted by molar-refractivity contribution is 5.99. The first-order valence-electron chi connectivity index (χ1n) is 20.5. The lowest BCUT2D eigenvalue weighted by Crippen LogP contribution is -2.63. The van der Waals surface area contributed by atoms with Gasteiger partial charge in [-0.05, 0) is 65.9 Å². The van der Waals surface area contributed by atoms with Gasteiger partial charge >= 0.3 is 0 Å². The summed E-state index contributed by atoms with van der Waals surface area (Å²) in [6.07, 6.45) is 3.10. The molecule has 3 rings (SSSR count). The first-order valence-corrected chi connectivity index (χ1v) is 20.5. The molecular weight excluding hydrogens is 775 g/mol. The maximum atomic E-state index is 14.3. The van der Waals surface area contributed by atoms with Gasteiger partial charge in [-0.25, -0.2) is 0 Å². The van der Waals surface area contributed by atoms with E-state index in [0.717, 1.165) is 0 Å². The normalized spacial score (nSPS) is 26.8. The summed E-state index contributed by atoms with van der Waals surface area (Å²) in [5.41, 5.74) is -1.29. The van der Waals surface area contributed by atoms with Gasteiger partial charge in [-0.15, -0.1) is 13.2 Å². The summed E-state index contributed by atoms with van der Waals surface area (Å²) in [5.74, 6) is -5.80. The van der Waals surface area contributed by atoms with Crippen molar-refractivity contribution in [2.45, 2.75) is 141 Å². The number of nitrogens with one attached hydrogen (secondary N) is 6. The molecule has 9 atom stereocenters. The average Bonchev–Trinajstić information content (AvgIpc) is 3.71. The molecule has 0 spiro atoms. The van der Waals surface area contributed by atoms with Crippen molar-refractivity contribution in [1.82, 2.24) is 36.8 Å². The van der Waals surface area contributed by atoms with Crippen LogP contribution in [0.25, 0.3) is 0 Å². The van der Waals surface area contributed by atoms with Crippen molar-refractivity contribution >= 4 is 41.4 Å². The van der Waals surface area contributed by atoms with Gasteiger partial charge in [0.05, 0.1) is 30.5 Å². The second-order valence-electron chi connectivity index (χ2n) is 16.6. The summed E-state index contributed by atoms with van der Waals surface area (Å²) < 4.78 is 12.1. The van der Waals surface area contributed by atoms with E-state index in [9.17, 15) is 38.7 Å². The summed E-state index contributed by atoms with van der Waals surface area (Å²) in [6.45, 7) is 19.8. The van der Waals surface area contributed by atoms with Gasteiger partial charge in [-0.1, -0.05) is 62.8 Å². The van der Waals surface area contributed by atoms with Crippen LogP contribution in [0.4, 0.5) is 0 Å². The number of nitrogens with zero attached hydrogens (tertiary/aromatic N) is 1. The van der Waals surface area contributed by atoms with E-state index in [1.54, 1.807) is 65.0 Å². The summed E-state index contributed by atoms with van der Waals surface area (Å²) >= 11 is 0. The fourth-order valence-corrected chi connectivity index (χ4v) is 6.71. The number of hydrogen-bond acceptors (Lipinski definition) is 10. The molecule has 0 radical (unpaired) electrons. The van der Waals surface area contributed by atoms with Gasteiger partial charge < -0.3 is 51.4 Å². The molecule has 7 amide bonds. The predicted octanol–water partition coefficient (Wildman–Crippen LogP) is 0.552. The van der Waals surface area contributed by atoms with Gasteiger partial charge in [-0.2, -0.15) is 0 Å². The van der Waals surface area contributed by atoms with Crippen LogP contribution in [0, 0.1) is 5.92 Å². The molecule has 1 aromatic rings. The third-order valence-corrected chi connectivity index (χ3v) is 10.9. The van der Waals surface area contributed by atoms with Crippen LogP contribution < -0.4 is 31.9 Å². The molecule has 332 valence electrons. The van der Waals surface area contributed by atoms with Crippen LogP contribution in [0.5, 0.6) is 0 Å². The molecule has 17 heteroatoms. The van der Waals surface area contributed by atoms with E-state index in [-0.39, 0.29) is 19.4 Å². The Balaban J connectivity index is 2.16. The van der Waals surface area contributed by atoms with Crippen LogP contribution in [0.3, 0.4) is 0 Å². The van der Waals surface area contributed by atoms with Crippen molar-refractivity contribution in [1.29, 1.82) is 0 Å². The van der Waals surface area contributed by atoms with Crippen molar-refractivity contribution in [2.75, 3.05) is 19.8 Å². The number of ether oxygens (including phenoxy) is 2. The average molecular weight is 840 g/mol. The molecule has 0 unspecified atom stereocenters. The number of benzene rings is 1. The number of aliphatic hydroxyl groups is 1. The molecule has 0 bridgehead atoms. The quantitative estimate of drug-likeness (QED) is 0.136. The lowest BCUT2D eigenvalue weighted by Gasteiger charge is -2.33. The van der Waals surface area contributed by atoms with Crippen molar-refractivity contribution in [3.05, 3.63) is 61.2 Å². The highest BCUT2D eigenvalue weighted by atomic mass is 16.5. The fraction of sp³-hybridized carbons (Fsp3) is 0.605. The van der Waals surface area contributed by atoms with E-state index in [2.05, 4.69) is 45.1 Å². The summed E-state index contributed by atoms with van der Waals surface area (Å²) in [5, 5.41) is 26.3. The number of amides is 7. The van der Waals surface area contributed by atoms with Gasteiger partial charge in [0.25, 0.3) is 0 Å². The SMILES string of the molecule is C=CC(C)(C)OC[C@@H]1NC(=O)[C@H]([C@@H](C)OC(C)(C)C=C)NC(=O)[C@H](CO)NC(=O)[C@@H](Cc2ccccc2)NC(=O)[C@@H]2CCCN2C(=O)[C@H](C)NC(=O)[C@H]([C@@H](C)CC)NC1=O. The number of carbonyl (C=O) groups excluding carboxylic acids is 7. The second kappa shape index (κ2) is 21.9. The van der Waals surface area contributed by atoms with Crippen LogP contribution in [0.15, 0.2) is 55.6 Å². The molecule has 2 aliphatic rings. The van der Waals surface area contributed by atoms with Crippen LogP contribution in [-0.4, -0.2) is 131 Å². The summed E-state index contributed by atoms with van der Waals surface area (Å²) in [4.78, 5) is 99.5. The molecule has 2 heterocycles. The number of fused-ring (bicyclic) bond motifs is 1. The Kier molecular flexibility index (Phi) is 18.0. The van der Waals surface area contributed by atoms with Gasteiger partial charge in [0.2, 0.25) is 41.4 Å². The van der Waals surface area contributed by atoms with Crippen LogP contribution in [0.1, 0.15) is 80.2 Å². The maximum absolute atomic E-state index is 14.3. The smallest absolute Gasteiger partial charge is 0.245 e. The van der Waals surface area contributed by atoms with E-state index in [4.69, 9.17) is 9.47 Å². The molecule has 0 aliphatic carbocycles. The van der Waals surface area contributed by atoms with Gasteiger partial charge in [0.15, 0.2) is 0 Å². The third-order valence-electron chi connectivity index (χ3n) is 10.9. The summed E-state index contributed by atoms with van der Waals surface area (Å²) in [7, 11) is 0. The highest BCUT2D eigenvalue weighted by Gasteiger charge is 2.41. The van der Waals surface area contributed by atoms with E-state index in [1.807, 2.05) is 6.92 Å². The molecule has 2 fully saturated rings. The minimum absolute atomic E-state index is 0.0119. The molecule has 0 saturated carbocycles. The Morgan fingerprint density at radius 2 is 1.32 bits per heavy atom. The minimum atomic E-state index is -1.62. The summed E-state index contributed by atoms with van der Waals surface area (Å²) in [6, 6.07) is -0.346. The van der Waals surface area contributed by atoms with E-state index in [1.165, 1.54) is 30.9 Å². The standard InChI is InChI=1S/C43H65N7O10/c1-11-25(4)33-39(56)44-26(5)41(58)50-21-17-20-32(50)38(55)45-29(22-28-18-15-14-16-19-28)35(52)46-30(23-51)36(53)49-34(27(6)60-43(9,10)13-3)40(57)47-31(37(54)48-33)24-59-42(7,8)12-2/h12-16,18-19,25-27,29-34,51H,2-3,11,17,20-24H2,1,4-10H3,(H,44,56)(H,45,55)(H,46,52)(H,47,57)(H,48,54)(H,49,53)/t25-,26-,27+,29+,30-,31-,32-,33-,34-/m0/s1.